The van der Waals surface area contributed by atoms with Crippen LogP contribution in [0.25, 0.3) is 0 Å². The molecule has 0 aromatic carbocycles. The van der Waals surface area contributed by atoms with Crippen LogP contribution in [0.1, 0.15) is 45.4 Å². The standard InChI is InChI=1S/C15H26N2O4/c1-2-12-4-3-8-17(12)15(20)16-9-5-13(6-10-16)21-11-7-14(18)19/h12-13H,2-11H2,1H3,(H,18,19). The van der Waals surface area contributed by atoms with E-state index in [1.54, 1.807) is 0 Å². The molecule has 2 aliphatic rings. The molecule has 1 atom stereocenters. The summed E-state index contributed by atoms with van der Waals surface area (Å²) in [7, 11) is 0. The largest absolute Gasteiger partial charge is 0.481 e. The number of hydrogen-bond acceptors (Lipinski definition) is 3. The molecule has 2 amide bonds. The van der Waals surface area contributed by atoms with Crippen LogP contribution < -0.4 is 0 Å². The topological polar surface area (TPSA) is 70.1 Å². The van der Waals surface area contributed by atoms with Crippen molar-refractivity contribution in [3.8, 4) is 0 Å². The Morgan fingerprint density at radius 2 is 1.90 bits per heavy atom. The number of carbonyl (C=O) groups excluding carboxylic acids is 1. The number of amides is 2. The molecule has 1 N–H and O–H groups in total. The van der Waals surface area contributed by atoms with Gasteiger partial charge in [0, 0.05) is 25.7 Å². The minimum Gasteiger partial charge on any atom is -0.481 e. The maximum atomic E-state index is 12.5. The summed E-state index contributed by atoms with van der Waals surface area (Å²) in [5.74, 6) is -0.831. The van der Waals surface area contributed by atoms with Crippen molar-refractivity contribution < 1.29 is 19.4 Å². The highest BCUT2D eigenvalue weighted by molar-refractivity contribution is 5.75. The van der Waals surface area contributed by atoms with Gasteiger partial charge in [-0.15, -0.1) is 0 Å². The molecule has 21 heavy (non-hydrogen) atoms. The highest BCUT2D eigenvalue weighted by Gasteiger charge is 2.32. The summed E-state index contributed by atoms with van der Waals surface area (Å²) in [6.07, 6.45) is 5.00. The molecule has 2 saturated heterocycles. The average Bonchev–Trinajstić information content (AvgIpc) is 2.95. The van der Waals surface area contributed by atoms with Crippen LogP contribution in [0, 0.1) is 0 Å². The van der Waals surface area contributed by atoms with Gasteiger partial charge in [0.2, 0.25) is 0 Å². The van der Waals surface area contributed by atoms with Crippen LogP contribution in [-0.2, 0) is 9.53 Å². The fraction of sp³-hybridized carbons (Fsp3) is 0.867. The number of nitrogens with zero attached hydrogens (tertiary/aromatic N) is 2. The molecule has 120 valence electrons. The van der Waals surface area contributed by atoms with Gasteiger partial charge in [0.25, 0.3) is 0 Å². The first-order valence-electron chi connectivity index (χ1n) is 8.00. The zero-order chi connectivity index (χ0) is 15.2. The van der Waals surface area contributed by atoms with E-state index in [0.29, 0.717) is 19.1 Å². The third-order valence-corrected chi connectivity index (χ3v) is 4.48. The zero-order valence-electron chi connectivity index (χ0n) is 12.8. The minimum absolute atomic E-state index is 0.0467. The van der Waals surface area contributed by atoms with Gasteiger partial charge in [-0.05, 0) is 32.1 Å². The SMILES string of the molecule is CCC1CCCN1C(=O)N1CCC(OCCC(=O)O)CC1. The van der Waals surface area contributed by atoms with E-state index in [9.17, 15) is 9.59 Å². The number of hydrogen-bond donors (Lipinski definition) is 1. The second-order valence-electron chi connectivity index (χ2n) is 5.88. The number of carbonyl (C=O) groups is 2. The third kappa shape index (κ3) is 4.33. The third-order valence-electron chi connectivity index (χ3n) is 4.48. The van der Waals surface area contributed by atoms with Gasteiger partial charge in [0.05, 0.1) is 19.1 Å². The van der Waals surface area contributed by atoms with Crippen LogP contribution >= 0.6 is 0 Å². The second-order valence-corrected chi connectivity index (χ2v) is 5.88. The number of carboxylic acids is 1. The van der Waals surface area contributed by atoms with E-state index in [-0.39, 0.29) is 25.2 Å². The van der Waals surface area contributed by atoms with Gasteiger partial charge in [-0.25, -0.2) is 4.79 Å². The lowest BCUT2D eigenvalue weighted by Crippen LogP contribution is -2.49. The lowest BCUT2D eigenvalue weighted by atomic mass is 10.1. The molecule has 2 heterocycles. The van der Waals surface area contributed by atoms with Crippen molar-refractivity contribution in [2.45, 2.75) is 57.6 Å². The zero-order valence-corrected chi connectivity index (χ0v) is 12.8. The minimum atomic E-state index is -0.831. The summed E-state index contributed by atoms with van der Waals surface area (Å²) in [5.41, 5.74) is 0. The summed E-state index contributed by atoms with van der Waals surface area (Å²) < 4.78 is 5.56. The van der Waals surface area contributed by atoms with Crippen molar-refractivity contribution in [3.63, 3.8) is 0 Å². The van der Waals surface area contributed by atoms with Crippen molar-refractivity contribution in [2.75, 3.05) is 26.2 Å². The van der Waals surface area contributed by atoms with Crippen LogP contribution in [-0.4, -0.2) is 65.3 Å². The van der Waals surface area contributed by atoms with Crippen molar-refractivity contribution in [1.29, 1.82) is 0 Å². The molecule has 0 bridgehead atoms. The first kappa shape index (κ1) is 16.1. The molecule has 6 nitrogen and oxygen atoms in total. The average molecular weight is 298 g/mol. The Kier molecular flexibility index (Phi) is 5.85. The Balaban J connectivity index is 1.73. The molecular weight excluding hydrogens is 272 g/mol. The molecule has 0 aromatic heterocycles. The smallest absolute Gasteiger partial charge is 0.320 e. The first-order chi connectivity index (χ1) is 10.1. The Morgan fingerprint density at radius 3 is 2.52 bits per heavy atom. The lowest BCUT2D eigenvalue weighted by Gasteiger charge is -2.36. The molecule has 0 radical (unpaired) electrons. The number of aliphatic carboxylic acids is 1. The number of likely N-dealkylation sites (tertiary alicyclic amines) is 2. The lowest BCUT2D eigenvalue weighted by molar-refractivity contribution is -0.138. The molecule has 2 aliphatic heterocycles. The van der Waals surface area contributed by atoms with E-state index in [0.717, 1.165) is 38.6 Å². The molecule has 1 unspecified atom stereocenters. The van der Waals surface area contributed by atoms with Gasteiger partial charge in [-0.1, -0.05) is 6.92 Å². The van der Waals surface area contributed by atoms with E-state index in [2.05, 4.69) is 6.92 Å². The van der Waals surface area contributed by atoms with Gasteiger partial charge in [-0.2, -0.15) is 0 Å². The second kappa shape index (κ2) is 7.64. The Labute approximate surface area is 126 Å². The van der Waals surface area contributed by atoms with E-state index >= 15 is 0 Å². The number of piperidine rings is 1. The molecule has 2 rings (SSSR count). The van der Waals surface area contributed by atoms with Crippen molar-refractivity contribution in [1.82, 2.24) is 9.80 Å². The van der Waals surface area contributed by atoms with Crippen LogP contribution in [0.5, 0.6) is 0 Å². The van der Waals surface area contributed by atoms with E-state index < -0.39 is 5.97 Å². The van der Waals surface area contributed by atoms with Crippen LogP contribution in [0.15, 0.2) is 0 Å². The number of rotatable bonds is 5. The Hall–Kier alpha value is -1.30. The van der Waals surface area contributed by atoms with Crippen LogP contribution in [0.3, 0.4) is 0 Å². The van der Waals surface area contributed by atoms with Crippen LogP contribution in [0.4, 0.5) is 4.79 Å². The molecule has 0 aliphatic carbocycles. The van der Waals surface area contributed by atoms with Crippen molar-refractivity contribution in [2.24, 2.45) is 0 Å². The first-order valence-corrected chi connectivity index (χ1v) is 8.00. The van der Waals surface area contributed by atoms with Gasteiger partial charge in [-0.3, -0.25) is 4.79 Å². The van der Waals surface area contributed by atoms with Gasteiger partial charge in [0.1, 0.15) is 0 Å². The van der Waals surface area contributed by atoms with Crippen molar-refractivity contribution in [3.05, 3.63) is 0 Å². The highest BCUT2D eigenvalue weighted by Crippen LogP contribution is 2.23. The summed E-state index contributed by atoms with van der Waals surface area (Å²) in [4.78, 5) is 26.9. The van der Waals surface area contributed by atoms with E-state index in [1.165, 1.54) is 0 Å². The predicted molar refractivity (Wildman–Crippen MR) is 78.2 cm³/mol. The summed E-state index contributed by atoms with van der Waals surface area (Å²) in [5, 5.41) is 8.59. The van der Waals surface area contributed by atoms with Gasteiger partial charge >= 0.3 is 12.0 Å². The maximum absolute atomic E-state index is 12.5. The number of ether oxygens (including phenoxy) is 1. The number of urea groups is 1. The quantitative estimate of drug-likeness (QED) is 0.842. The predicted octanol–water partition coefficient (Wildman–Crippen LogP) is 1.94. The fourth-order valence-corrected chi connectivity index (χ4v) is 3.22. The van der Waals surface area contributed by atoms with E-state index in [1.807, 2.05) is 9.80 Å². The number of carboxylic acid groups (broad SMARTS) is 1. The summed E-state index contributed by atoms with van der Waals surface area (Å²) in [6.45, 7) is 4.70. The highest BCUT2D eigenvalue weighted by atomic mass is 16.5. The monoisotopic (exact) mass is 298 g/mol. The Morgan fingerprint density at radius 1 is 1.19 bits per heavy atom. The maximum Gasteiger partial charge on any atom is 0.320 e. The molecule has 0 spiro atoms. The van der Waals surface area contributed by atoms with Crippen molar-refractivity contribution >= 4 is 12.0 Å². The normalized spacial score (nSPS) is 23.6. The Bertz CT molecular complexity index is 367. The summed E-state index contributed by atoms with van der Waals surface area (Å²) >= 11 is 0. The van der Waals surface area contributed by atoms with Gasteiger partial charge < -0.3 is 19.6 Å². The van der Waals surface area contributed by atoms with Crippen LogP contribution in [0.2, 0.25) is 0 Å². The molecular formula is C15H26N2O4. The molecule has 0 aromatic rings. The van der Waals surface area contributed by atoms with E-state index in [4.69, 9.17) is 9.84 Å². The molecule has 6 heteroatoms. The fourth-order valence-electron chi connectivity index (χ4n) is 3.22. The van der Waals surface area contributed by atoms with Gasteiger partial charge in [0.15, 0.2) is 0 Å². The molecule has 2 fully saturated rings. The molecule has 0 saturated carbocycles. The summed E-state index contributed by atoms with van der Waals surface area (Å²) in [6, 6.07) is 0.574.